The molecule has 1 fully saturated rings. The molecule has 2 atom stereocenters. The van der Waals surface area contributed by atoms with Crippen LogP contribution in [0.25, 0.3) is 0 Å². The SMILES string of the molecule is CC1CCN(c2nc[nH]c(=O)c2Br)C1CBr. The van der Waals surface area contributed by atoms with Crippen LogP contribution in [-0.4, -0.2) is 27.9 Å². The standard InChI is InChI=1S/C10H13Br2N3O/c1-6-2-3-15(7(6)4-11)9-8(12)10(16)14-5-13-9/h5-7H,2-4H2,1H3,(H,13,14,16). The van der Waals surface area contributed by atoms with E-state index in [2.05, 4.69) is 53.7 Å². The van der Waals surface area contributed by atoms with Gasteiger partial charge in [-0.1, -0.05) is 22.9 Å². The molecule has 4 nitrogen and oxygen atoms in total. The maximum atomic E-state index is 11.5. The average Bonchev–Trinajstić information content (AvgIpc) is 2.63. The van der Waals surface area contributed by atoms with Crippen LogP contribution in [0.4, 0.5) is 5.82 Å². The molecular formula is C10H13Br2N3O. The second-order valence-electron chi connectivity index (χ2n) is 4.05. The highest BCUT2D eigenvalue weighted by Gasteiger charge is 2.32. The molecule has 0 amide bonds. The van der Waals surface area contributed by atoms with Gasteiger partial charge in [0.15, 0.2) is 5.82 Å². The highest BCUT2D eigenvalue weighted by atomic mass is 79.9. The van der Waals surface area contributed by atoms with E-state index in [4.69, 9.17) is 0 Å². The summed E-state index contributed by atoms with van der Waals surface area (Å²) in [5.74, 6) is 1.37. The van der Waals surface area contributed by atoms with Crippen LogP contribution in [0.1, 0.15) is 13.3 Å². The van der Waals surface area contributed by atoms with Crippen LogP contribution in [-0.2, 0) is 0 Å². The Morgan fingerprint density at radius 1 is 1.69 bits per heavy atom. The van der Waals surface area contributed by atoms with Gasteiger partial charge < -0.3 is 9.88 Å². The van der Waals surface area contributed by atoms with Crippen LogP contribution < -0.4 is 10.5 Å². The van der Waals surface area contributed by atoms with Gasteiger partial charge in [-0.05, 0) is 28.3 Å². The molecule has 16 heavy (non-hydrogen) atoms. The van der Waals surface area contributed by atoms with Crippen molar-refractivity contribution in [2.24, 2.45) is 5.92 Å². The summed E-state index contributed by atoms with van der Waals surface area (Å²) in [6.07, 6.45) is 2.59. The lowest BCUT2D eigenvalue weighted by atomic mass is 10.1. The molecule has 1 N–H and O–H groups in total. The third-order valence-corrected chi connectivity index (χ3v) is 4.47. The van der Waals surface area contributed by atoms with Crippen molar-refractivity contribution in [3.8, 4) is 0 Å². The second kappa shape index (κ2) is 4.87. The topological polar surface area (TPSA) is 49.0 Å². The van der Waals surface area contributed by atoms with Crippen molar-refractivity contribution in [3.05, 3.63) is 21.2 Å². The number of hydrogen-bond donors (Lipinski definition) is 1. The van der Waals surface area contributed by atoms with Crippen molar-refractivity contribution in [1.29, 1.82) is 0 Å². The lowest BCUT2D eigenvalue weighted by Crippen LogP contribution is -2.35. The molecule has 2 unspecified atom stereocenters. The van der Waals surface area contributed by atoms with Crippen LogP contribution >= 0.6 is 31.9 Å². The predicted molar refractivity (Wildman–Crippen MR) is 71.3 cm³/mol. The number of H-pyrrole nitrogens is 1. The first-order valence-corrected chi connectivity index (χ1v) is 7.12. The van der Waals surface area contributed by atoms with Gasteiger partial charge in [-0.3, -0.25) is 4.79 Å². The van der Waals surface area contributed by atoms with Gasteiger partial charge in [-0.2, -0.15) is 0 Å². The minimum Gasteiger partial charge on any atom is -0.351 e. The smallest absolute Gasteiger partial charge is 0.267 e. The largest absolute Gasteiger partial charge is 0.351 e. The molecule has 1 aliphatic heterocycles. The summed E-state index contributed by atoms with van der Waals surface area (Å²) in [5.41, 5.74) is -0.127. The summed E-state index contributed by atoms with van der Waals surface area (Å²) >= 11 is 6.83. The Kier molecular flexibility index (Phi) is 3.69. The average molecular weight is 351 g/mol. The van der Waals surface area contributed by atoms with Crippen molar-refractivity contribution in [2.75, 3.05) is 16.8 Å². The quantitative estimate of drug-likeness (QED) is 0.831. The number of anilines is 1. The molecule has 0 aliphatic carbocycles. The summed E-state index contributed by atoms with van der Waals surface area (Å²) in [7, 11) is 0. The van der Waals surface area contributed by atoms with Crippen LogP contribution in [0, 0.1) is 5.92 Å². The van der Waals surface area contributed by atoms with E-state index in [0.29, 0.717) is 16.4 Å². The highest BCUT2D eigenvalue weighted by Crippen LogP contribution is 2.31. The Labute approximate surface area is 111 Å². The van der Waals surface area contributed by atoms with Crippen LogP contribution in [0.3, 0.4) is 0 Å². The normalized spacial score (nSPS) is 25.1. The molecule has 6 heteroatoms. The summed E-state index contributed by atoms with van der Waals surface area (Å²) in [4.78, 5) is 20.5. The molecular weight excluding hydrogens is 338 g/mol. The first kappa shape index (κ1) is 12.1. The maximum Gasteiger partial charge on any atom is 0.267 e. The number of aromatic amines is 1. The summed E-state index contributed by atoms with van der Waals surface area (Å²) in [5, 5.41) is 0.898. The number of hydrogen-bond acceptors (Lipinski definition) is 3. The van der Waals surface area contributed by atoms with Crippen LogP contribution in [0.5, 0.6) is 0 Å². The van der Waals surface area contributed by atoms with Gasteiger partial charge >= 0.3 is 0 Å². The van der Waals surface area contributed by atoms with Gasteiger partial charge in [0.05, 0.1) is 6.33 Å². The number of nitrogens with zero attached hydrogens (tertiary/aromatic N) is 2. The minimum atomic E-state index is -0.127. The monoisotopic (exact) mass is 349 g/mol. The van der Waals surface area contributed by atoms with Gasteiger partial charge in [0.2, 0.25) is 0 Å². The van der Waals surface area contributed by atoms with Gasteiger partial charge in [0.25, 0.3) is 5.56 Å². The zero-order valence-electron chi connectivity index (χ0n) is 8.91. The van der Waals surface area contributed by atoms with E-state index in [1.54, 1.807) is 0 Å². The zero-order valence-corrected chi connectivity index (χ0v) is 12.1. The Morgan fingerprint density at radius 3 is 3.12 bits per heavy atom. The first-order valence-electron chi connectivity index (χ1n) is 5.21. The van der Waals surface area contributed by atoms with E-state index in [0.717, 1.165) is 24.1 Å². The maximum absolute atomic E-state index is 11.5. The zero-order chi connectivity index (χ0) is 11.7. The Bertz CT molecular complexity index is 434. The summed E-state index contributed by atoms with van der Waals surface area (Å²) in [6, 6.07) is 0.408. The molecule has 0 radical (unpaired) electrons. The fraction of sp³-hybridized carbons (Fsp3) is 0.600. The fourth-order valence-electron chi connectivity index (χ4n) is 2.08. The van der Waals surface area contributed by atoms with Crippen molar-refractivity contribution in [2.45, 2.75) is 19.4 Å². The molecule has 0 bridgehead atoms. The minimum absolute atomic E-state index is 0.127. The first-order chi connectivity index (χ1) is 7.65. The lowest BCUT2D eigenvalue weighted by molar-refractivity contribution is 0.552. The van der Waals surface area contributed by atoms with Crippen molar-refractivity contribution in [1.82, 2.24) is 9.97 Å². The van der Waals surface area contributed by atoms with Gasteiger partial charge in [-0.25, -0.2) is 4.98 Å². The molecule has 2 rings (SSSR count). The number of alkyl halides is 1. The van der Waals surface area contributed by atoms with Crippen molar-refractivity contribution in [3.63, 3.8) is 0 Å². The van der Waals surface area contributed by atoms with Crippen LogP contribution in [0.15, 0.2) is 15.6 Å². The van der Waals surface area contributed by atoms with Crippen molar-refractivity contribution < 1.29 is 0 Å². The van der Waals surface area contributed by atoms with Gasteiger partial charge in [0.1, 0.15) is 4.47 Å². The Morgan fingerprint density at radius 2 is 2.44 bits per heavy atom. The molecule has 1 aliphatic rings. The molecule has 0 aromatic carbocycles. The molecule has 2 heterocycles. The molecule has 1 aromatic heterocycles. The van der Waals surface area contributed by atoms with E-state index < -0.39 is 0 Å². The predicted octanol–water partition coefficient (Wildman–Crippen LogP) is 2.14. The Hall–Kier alpha value is -0.360. The lowest BCUT2D eigenvalue weighted by Gasteiger charge is -2.26. The van der Waals surface area contributed by atoms with E-state index in [9.17, 15) is 4.79 Å². The number of rotatable bonds is 2. The number of halogens is 2. The molecule has 88 valence electrons. The van der Waals surface area contributed by atoms with Crippen molar-refractivity contribution >= 4 is 37.7 Å². The van der Waals surface area contributed by atoms with E-state index in [-0.39, 0.29) is 5.56 Å². The molecule has 1 aromatic rings. The van der Waals surface area contributed by atoms with E-state index in [1.165, 1.54) is 6.33 Å². The second-order valence-corrected chi connectivity index (χ2v) is 5.49. The molecule has 0 spiro atoms. The number of nitrogens with one attached hydrogen (secondary N) is 1. The Balaban J connectivity index is 2.37. The van der Waals surface area contributed by atoms with Crippen LogP contribution in [0.2, 0.25) is 0 Å². The molecule has 0 saturated carbocycles. The fourth-order valence-corrected chi connectivity index (χ4v) is 3.51. The summed E-state index contributed by atoms with van der Waals surface area (Å²) in [6.45, 7) is 3.18. The third kappa shape index (κ3) is 2.05. The van der Waals surface area contributed by atoms with E-state index in [1.807, 2.05) is 0 Å². The van der Waals surface area contributed by atoms with Gasteiger partial charge in [0, 0.05) is 17.9 Å². The van der Waals surface area contributed by atoms with E-state index >= 15 is 0 Å². The van der Waals surface area contributed by atoms with Gasteiger partial charge in [-0.15, -0.1) is 0 Å². The number of aromatic nitrogens is 2. The third-order valence-electron chi connectivity index (χ3n) is 3.09. The summed E-state index contributed by atoms with van der Waals surface area (Å²) < 4.78 is 0.523. The highest BCUT2D eigenvalue weighted by molar-refractivity contribution is 9.10. The molecule has 1 saturated heterocycles.